The van der Waals surface area contributed by atoms with Gasteiger partial charge < -0.3 is 14.0 Å². The topological polar surface area (TPSA) is 74.6 Å². The van der Waals surface area contributed by atoms with Crippen LogP contribution in [0.2, 0.25) is 0 Å². The first kappa shape index (κ1) is 24.3. The van der Waals surface area contributed by atoms with Gasteiger partial charge in [0.05, 0.1) is 5.56 Å². The Balaban J connectivity index is 1.71. The van der Waals surface area contributed by atoms with Crippen LogP contribution < -0.4 is 4.74 Å². The van der Waals surface area contributed by atoms with Gasteiger partial charge in [0.1, 0.15) is 5.75 Å². The van der Waals surface area contributed by atoms with E-state index in [9.17, 15) is 22.6 Å². The van der Waals surface area contributed by atoms with Crippen LogP contribution in [0, 0.1) is 13.8 Å². The molecule has 2 aromatic carbocycles. The number of aryl methyl sites for hydroxylation is 1. The molecule has 174 valence electrons. The molecule has 0 aliphatic rings. The number of ketones is 1. The van der Waals surface area contributed by atoms with E-state index in [0.29, 0.717) is 22.7 Å². The second-order valence-electron chi connectivity index (χ2n) is 7.41. The molecule has 3 aromatic rings. The molecule has 1 unspecified atom stereocenters. The molecule has 0 aliphatic carbocycles. The Morgan fingerprint density at radius 3 is 2.39 bits per heavy atom. The van der Waals surface area contributed by atoms with Gasteiger partial charge in [-0.25, -0.2) is 4.79 Å². The Morgan fingerprint density at radius 2 is 1.76 bits per heavy atom. The highest BCUT2D eigenvalue weighted by molar-refractivity contribution is 7.83. The van der Waals surface area contributed by atoms with Crippen molar-refractivity contribution < 1.29 is 32.1 Å². The number of Topliss-reactive ketones (excluding diaryl/α,β-unsaturated/α-hetero) is 1. The minimum atomic E-state index is -2.91. The summed E-state index contributed by atoms with van der Waals surface area (Å²) in [5.41, 5.74) is 3.47. The Morgan fingerprint density at radius 1 is 1.06 bits per heavy atom. The van der Waals surface area contributed by atoms with Crippen molar-refractivity contribution in [2.24, 2.45) is 0 Å². The highest BCUT2D eigenvalue weighted by Gasteiger charge is 2.19. The van der Waals surface area contributed by atoms with E-state index in [1.165, 1.54) is 12.1 Å². The lowest BCUT2D eigenvalue weighted by Crippen LogP contribution is -2.15. The van der Waals surface area contributed by atoms with Gasteiger partial charge in [0.25, 0.3) is 0 Å². The molecular weight excluding hydrogens is 452 g/mol. The Kier molecular flexibility index (Phi) is 7.75. The molecule has 1 heterocycles. The normalized spacial score (nSPS) is 11.9. The third-order valence-electron chi connectivity index (χ3n) is 4.92. The van der Waals surface area contributed by atoms with Crippen LogP contribution in [-0.2, 0) is 21.3 Å². The van der Waals surface area contributed by atoms with Crippen LogP contribution in [0.1, 0.15) is 37.7 Å². The second-order valence-corrected chi connectivity index (χ2v) is 8.84. The fourth-order valence-corrected chi connectivity index (χ4v) is 4.18. The fourth-order valence-electron chi connectivity index (χ4n) is 3.53. The predicted octanol–water partition coefficient (Wildman–Crippen LogP) is 4.61. The molecule has 0 aliphatic heterocycles. The number of carbonyl (C=O) groups excluding carboxylic acids is 2. The first-order valence-electron chi connectivity index (χ1n) is 9.99. The summed E-state index contributed by atoms with van der Waals surface area (Å²) in [5.74, 6) is -0.656. The lowest BCUT2D eigenvalue weighted by atomic mass is 10.1. The van der Waals surface area contributed by atoms with Crippen molar-refractivity contribution in [2.75, 3.05) is 12.9 Å². The molecule has 0 amide bonds. The molecule has 0 fully saturated rings. The van der Waals surface area contributed by atoms with Gasteiger partial charge in [-0.05, 0) is 61.9 Å². The van der Waals surface area contributed by atoms with Crippen LogP contribution in [0.15, 0.2) is 54.6 Å². The molecular formula is C24H23F2NO5S. The van der Waals surface area contributed by atoms with Crippen LogP contribution in [0.4, 0.5) is 8.78 Å². The maximum atomic E-state index is 12.8. The molecule has 0 saturated carbocycles. The van der Waals surface area contributed by atoms with Crippen LogP contribution in [0.3, 0.4) is 0 Å². The molecule has 0 bridgehead atoms. The zero-order chi connectivity index (χ0) is 24.1. The van der Waals surface area contributed by atoms with Gasteiger partial charge in [-0.2, -0.15) is 8.78 Å². The molecule has 0 radical (unpaired) electrons. The summed E-state index contributed by atoms with van der Waals surface area (Å²) in [7, 11) is -1.05. The van der Waals surface area contributed by atoms with Crippen LogP contribution in [-0.4, -0.2) is 40.0 Å². The van der Waals surface area contributed by atoms with Crippen LogP contribution in [0.5, 0.6) is 5.75 Å². The van der Waals surface area contributed by atoms with E-state index >= 15 is 0 Å². The van der Waals surface area contributed by atoms with Gasteiger partial charge in [0, 0.05) is 45.4 Å². The summed E-state index contributed by atoms with van der Waals surface area (Å²) in [6.07, 6.45) is 1.58. The fraction of sp³-hybridized carbons (Fsp3) is 0.250. The number of aromatic nitrogens is 1. The third-order valence-corrected chi connectivity index (χ3v) is 5.66. The van der Waals surface area contributed by atoms with Crippen molar-refractivity contribution in [3.63, 3.8) is 0 Å². The highest BCUT2D eigenvalue weighted by Crippen LogP contribution is 2.24. The summed E-state index contributed by atoms with van der Waals surface area (Å²) in [5, 5.41) is 0. The number of ether oxygens (including phenoxy) is 2. The van der Waals surface area contributed by atoms with Crippen molar-refractivity contribution >= 4 is 22.6 Å². The van der Waals surface area contributed by atoms with Gasteiger partial charge in [0.15, 0.2) is 6.61 Å². The average molecular weight is 476 g/mol. The third kappa shape index (κ3) is 6.13. The van der Waals surface area contributed by atoms with Crippen molar-refractivity contribution in [3.05, 3.63) is 82.7 Å². The number of hydrogen-bond acceptors (Lipinski definition) is 5. The number of esters is 1. The molecule has 1 aromatic heterocycles. The molecule has 33 heavy (non-hydrogen) atoms. The van der Waals surface area contributed by atoms with Crippen molar-refractivity contribution in [1.29, 1.82) is 0 Å². The molecule has 0 spiro atoms. The van der Waals surface area contributed by atoms with Crippen molar-refractivity contribution in [3.8, 4) is 11.4 Å². The number of halogens is 2. The first-order valence-corrected chi connectivity index (χ1v) is 11.7. The number of hydrogen-bond donors (Lipinski definition) is 0. The van der Waals surface area contributed by atoms with E-state index in [2.05, 4.69) is 4.74 Å². The molecule has 6 nitrogen and oxygen atoms in total. The van der Waals surface area contributed by atoms with E-state index < -0.39 is 30.0 Å². The summed E-state index contributed by atoms with van der Waals surface area (Å²) >= 11 is 0. The number of alkyl halides is 2. The van der Waals surface area contributed by atoms with Gasteiger partial charge in [-0.1, -0.05) is 12.1 Å². The van der Waals surface area contributed by atoms with Crippen LogP contribution >= 0.6 is 0 Å². The molecule has 1 atom stereocenters. The molecule has 0 N–H and O–H groups in total. The molecule has 3 rings (SSSR count). The van der Waals surface area contributed by atoms with Crippen molar-refractivity contribution in [2.45, 2.75) is 26.2 Å². The van der Waals surface area contributed by atoms with E-state index in [1.807, 2.05) is 6.92 Å². The van der Waals surface area contributed by atoms with E-state index in [-0.39, 0.29) is 17.1 Å². The van der Waals surface area contributed by atoms with Gasteiger partial charge >= 0.3 is 12.6 Å². The van der Waals surface area contributed by atoms with Gasteiger partial charge in [-0.15, -0.1) is 0 Å². The smallest absolute Gasteiger partial charge is 0.387 e. The lowest BCUT2D eigenvalue weighted by molar-refractivity contribution is -0.0498. The van der Waals surface area contributed by atoms with E-state index in [1.54, 1.807) is 60.2 Å². The average Bonchev–Trinajstić information content (AvgIpc) is 3.06. The number of benzene rings is 2. The monoisotopic (exact) mass is 475 g/mol. The quantitative estimate of drug-likeness (QED) is 0.334. The maximum Gasteiger partial charge on any atom is 0.387 e. The minimum Gasteiger partial charge on any atom is -0.454 e. The number of carbonyl (C=O) groups is 2. The zero-order valence-corrected chi connectivity index (χ0v) is 19.2. The minimum absolute atomic E-state index is 0.0358. The highest BCUT2D eigenvalue weighted by atomic mass is 32.2. The summed E-state index contributed by atoms with van der Waals surface area (Å²) < 4.78 is 47.5. The zero-order valence-electron chi connectivity index (χ0n) is 18.3. The number of rotatable bonds is 9. The van der Waals surface area contributed by atoms with Crippen LogP contribution in [0.25, 0.3) is 5.69 Å². The Hall–Kier alpha value is -3.33. The lowest BCUT2D eigenvalue weighted by Gasteiger charge is -2.11. The molecule has 9 heteroatoms. The Labute approximate surface area is 192 Å². The maximum absolute atomic E-state index is 12.8. The largest absolute Gasteiger partial charge is 0.454 e. The second kappa shape index (κ2) is 10.5. The summed E-state index contributed by atoms with van der Waals surface area (Å²) in [6, 6.07) is 14.4. The first-order chi connectivity index (χ1) is 15.7. The molecule has 0 saturated heterocycles. The summed E-state index contributed by atoms with van der Waals surface area (Å²) in [4.78, 5) is 25.1. The predicted molar refractivity (Wildman–Crippen MR) is 121 cm³/mol. The Bertz CT molecular complexity index is 1190. The van der Waals surface area contributed by atoms with E-state index in [4.69, 9.17) is 4.74 Å². The SMILES string of the molecule is Cc1cc(C(=O)COC(=O)c2cccc(CS(C)=O)c2)c(C)n1-c1ccc(OC(F)F)cc1. The van der Waals surface area contributed by atoms with Gasteiger partial charge in [0.2, 0.25) is 5.78 Å². The van der Waals surface area contributed by atoms with Crippen molar-refractivity contribution in [1.82, 2.24) is 4.57 Å². The van der Waals surface area contributed by atoms with E-state index in [0.717, 1.165) is 11.3 Å². The van der Waals surface area contributed by atoms with Gasteiger partial charge in [-0.3, -0.25) is 9.00 Å². The summed E-state index contributed by atoms with van der Waals surface area (Å²) in [6.45, 7) is 0.215. The standard InChI is InChI=1S/C24H23F2NO5S/c1-15-11-21(16(2)27(15)19-7-9-20(10-8-19)32-24(25)26)22(28)13-31-23(29)18-6-4-5-17(12-18)14-33(3)30/h4-12,24H,13-14H2,1-3H3. The number of nitrogens with zero attached hydrogens (tertiary/aromatic N) is 1.